The van der Waals surface area contributed by atoms with Crippen molar-refractivity contribution >= 4 is 16.3 Å². The molecular weight excluding hydrogens is 678 g/mol. The van der Waals surface area contributed by atoms with Crippen molar-refractivity contribution in [1.29, 1.82) is 0 Å². The van der Waals surface area contributed by atoms with Gasteiger partial charge in [0.05, 0.1) is 25.4 Å². The summed E-state index contributed by atoms with van der Waals surface area (Å²) in [6.45, 7) is 3.33. The van der Waals surface area contributed by atoms with E-state index in [1.165, 1.54) is 103 Å². The van der Waals surface area contributed by atoms with Crippen LogP contribution in [0.2, 0.25) is 0 Å². The van der Waals surface area contributed by atoms with E-state index in [-0.39, 0.29) is 18.9 Å². The number of allylic oxidation sites excluding steroid dienone is 1. The van der Waals surface area contributed by atoms with E-state index in [4.69, 9.17) is 14.0 Å². The topological polar surface area (TPSA) is 192 Å². The van der Waals surface area contributed by atoms with Gasteiger partial charge in [0.25, 0.3) is 0 Å². The molecule has 1 heterocycles. The highest BCUT2D eigenvalue weighted by atomic mass is 32.3. The lowest BCUT2D eigenvalue weighted by Gasteiger charge is -2.41. The first-order valence-electron chi connectivity index (χ1n) is 20.1. The van der Waals surface area contributed by atoms with Crippen LogP contribution in [0.4, 0.5) is 0 Å². The van der Waals surface area contributed by atoms with Gasteiger partial charge in [0.1, 0.15) is 24.4 Å². The van der Waals surface area contributed by atoms with Crippen molar-refractivity contribution in [1.82, 2.24) is 5.32 Å². The molecule has 51 heavy (non-hydrogen) atoms. The van der Waals surface area contributed by atoms with Gasteiger partial charge in [-0.15, -0.1) is 0 Å². The van der Waals surface area contributed by atoms with Gasteiger partial charge in [0, 0.05) is 6.42 Å². The van der Waals surface area contributed by atoms with Crippen molar-refractivity contribution < 1.29 is 51.8 Å². The third-order valence-electron chi connectivity index (χ3n) is 9.57. The first-order chi connectivity index (χ1) is 24.5. The zero-order valence-electron chi connectivity index (χ0n) is 31.7. The molecular formula is C38H73NO11S. The predicted octanol–water partition coefficient (Wildman–Crippen LogP) is 6.43. The van der Waals surface area contributed by atoms with E-state index in [0.717, 1.165) is 38.5 Å². The molecule has 7 unspecified atom stereocenters. The number of aliphatic hydroxyl groups is 4. The van der Waals surface area contributed by atoms with Crippen LogP contribution in [-0.4, -0.2) is 95.4 Å². The Hall–Kier alpha value is -1.16. The summed E-state index contributed by atoms with van der Waals surface area (Å²) in [6, 6.07) is -0.935. The van der Waals surface area contributed by atoms with Gasteiger partial charge in [-0.25, -0.2) is 4.18 Å². The van der Waals surface area contributed by atoms with Crippen molar-refractivity contribution in [2.75, 3.05) is 13.2 Å². The van der Waals surface area contributed by atoms with Crippen LogP contribution in [0.3, 0.4) is 0 Å². The molecule has 1 saturated heterocycles. The number of nitrogens with one attached hydrogen (secondary N) is 1. The van der Waals surface area contributed by atoms with Crippen LogP contribution in [-0.2, 0) is 28.9 Å². The lowest BCUT2D eigenvalue weighted by molar-refractivity contribution is -0.298. The molecule has 0 saturated carbocycles. The van der Waals surface area contributed by atoms with Crippen LogP contribution >= 0.6 is 0 Å². The summed E-state index contributed by atoms with van der Waals surface area (Å²) in [5.74, 6) is -0.267. The molecule has 1 aliphatic rings. The minimum absolute atomic E-state index is 0.267. The molecule has 1 fully saturated rings. The number of hydrogen-bond donors (Lipinski definition) is 6. The van der Waals surface area contributed by atoms with Crippen LogP contribution in [0.15, 0.2) is 12.2 Å². The first kappa shape index (κ1) is 47.9. The van der Waals surface area contributed by atoms with Gasteiger partial charge >= 0.3 is 10.4 Å². The summed E-state index contributed by atoms with van der Waals surface area (Å²) in [4.78, 5) is 12.9. The number of aliphatic hydroxyl groups excluding tert-OH is 4. The van der Waals surface area contributed by atoms with E-state index in [1.807, 2.05) is 6.08 Å². The number of ether oxygens (including phenoxy) is 2. The number of amides is 1. The predicted molar refractivity (Wildman–Crippen MR) is 199 cm³/mol. The molecule has 1 amide bonds. The van der Waals surface area contributed by atoms with Crippen LogP contribution in [0.1, 0.15) is 168 Å². The van der Waals surface area contributed by atoms with E-state index in [2.05, 4.69) is 23.3 Å². The molecule has 302 valence electrons. The number of carbonyl (C=O) groups is 1. The Labute approximate surface area is 309 Å². The summed E-state index contributed by atoms with van der Waals surface area (Å²) in [7, 11) is -5.07. The lowest BCUT2D eigenvalue weighted by atomic mass is 9.99. The number of rotatable bonds is 33. The average molecular weight is 752 g/mol. The zero-order chi connectivity index (χ0) is 37.7. The first-order valence-corrected chi connectivity index (χ1v) is 21.4. The van der Waals surface area contributed by atoms with Gasteiger partial charge in [-0.2, -0.15) is 8.42 Å². The highest BCUT2D eigenvalue weighted by Gasteiger charge is 2.48. The SMILES string of the molecule is CCCCCCCCCCCCCCC/C=C/C(O)C(COC1OC(CO)C(O)C(OS(=O)(=O)O)C1O)NC(=O)CCCCCCCCCCC. The Morgan fingerprint density at radius 1 is 0.765 bits per heavy atom. The van der Waals surface area contributed by atoms with E-state index in [9.17, 15) is 33.6 Å². The summed E-state index contributed by atoms with van der Waals surface area (Å²) in [5, 5.41) is 44.4. The van der Waals surface area contributed by atoms with Crippen molar-refractivity contribution in [3.63, 3.8) is 0 Å². The maximum absolute atomic E-state index is 12.9. The molecule has 0 aromatic carbocycles. The number of unbranched alkanes of at least 4 members (excludes halogenated alkanes) is 21. The molecule has 0 aromatic heterocycles. The minimum atomic E-state index is -5.07. The molecule has 0 bridgehead atoms. The van der Waals surface area contributed by atoms with E-state index >= 15 is 0 Å². The monoisotopic (exact) mass is 751 g/mol. The van der Waals surface area contributed by atoms with Crippen molar-refractivity contribution in [2.45, 2.75) is 211 Å². The molecule has 6 N–H and O–H groups in total. The van der Waals surface area contributed by atoms with Gasteiger partial charge < -0.3 is 35.2 Å². The second-order valence-electron chi connectivity index (χ2n) is 14.2. The molecule has 0 spiro atoms. The Kier molecular flexibility index (Phi) is 28.3. The summed E-state index contributed by atoms with van der Waals surface area (Å²) in [6.07, 6.45) is 21.2. The third-order valence-corrected chi connectivity index (χ3v) is 10.0. The fourth-order valence-electron chi connectivity index (χ4n) is 6.39. The zero-order valence-corrected chi connectivity index (χ0v) is 32.5. The maximum atomic E-state index is 12.9. The van der Waals surface area contributed by atoms with Gasteiger partial charge in [-0.1, -0.05) is 154 Å². The Bertz CT molecular complexity index is 983. The second-order valence-corrected chi connectivity index (χ2v) is 15.3. The van der Waals surface area contributed by atoms with Crippen LogP contribution in [0, 0.1) is 0 Å². The van der Waals surface area contributed by atoms with E-state index in [0.29, 0.717) is 6.42 Å². The van der Waals surface area contributed by atoms with Crippen molar-refractivity contribution in [2.24, 2.45) is 0 Å². The minimum Gasteiger partial charge on any atom is -0.394 e. The fraction of sp³-hybridized carbons (Fsp3) is 0.921. The summed E-state index contributed by atoms with van der Waals surface area (Å²) in [5.41, 5.74) is 0. The largest absolute Gasteiger partial charge is 0.397 e. The molecule has 0 aliphatic carbocycles. The van der Waals surface area contributed by atoms with Crippen molar-refractivity contribution in [3.8, 4) is 0 Å². The highest BCUT2D eigenvalue weighted by Crippen LogP contribution is 2.26. The summed E-state index contributed by atoms with van der Waals surface area (Å²) >= 11 is 0. The Morgan fingerprint density at radius 3 is 1.71 bits per heavy atom. The lowest BCUT2D eigenvalue weighted by Crippen LogP contribution is -2.61. The molecule has 1 rings (SSSR count). The van der Waals surface area contributed by atoms with Crippen LogP contribution < -0.4 is 5.32 Å². The third kappa shape index (κ3) is 24.0. The van der Waals surface area contributed by atoms with Gasteiger partial charge in [0.15, 0.2) is 6.29 Å². The number of carbonyl (C=O) groups excluding carboxylic acids is 1. The quantitative estimate of drug-likeness (QED) is 0.0246. The fourth-order valence-corrected chi connectivity index (χ4v) is 6.90. The van der Waals surface area contributed by atoms with Gasteiger partial charge in [-0.05, 0) is 19.3 Å². The normalized spacial score (nSPS) is 22.4. The molecule has 1 aliphatic heterocycles. The number of hydrogen-bond acceptors (Lipinski definition) is 10. The van der Waals surface area contributed by atoms with Crippen LogP contribution in [0.25, 0.3) is 0 Å². The second kappa shape index (κ2) is 30.2. The van der Waals surface area contributed by atoms with Gasteiger partial charge in [0.2, 0.25) is 5.91 Å². The molecule has 0 radical (unpaired) electrons. The van der Waals surface area contributed by atoms with Crippen molar-refractivity contribution in [3.05, 3.63) is 12.2 Å². The molecule has 13 heteroatoms. The Balaban J connectivity index is 2.61. The molecule has 7 atom stereocenters. The van der Waals surface area contributed by atoms with E-state index in [1.54, 1.807) is 6.08 Å². The molecule has 0 aromatic rings. The smallest absolute Gasteiger partial charge is 0.394 e. The standard InChI is InChI=1S/C38H73NO11S/c1-3-5-7-9-11-13-14-15-16-17-18-20-21-23-25-27-32(41)31(39-34(42)28-26-24-22-19-12-10-8-6-4-2)30-48-38-36(44)37(50-51(45,46)47)35(43)33(29-40)49-38/h25,27,31-33,35-38,40-41,43-44H,3-24,26,28-30H2,1-2H3,(H,39,42)(H,45,46,47)/b27-25+. The summed E-state index contributed by atoms with van der Waals surface area (Å²) < 4.78 is 47.3. The average Bonchev–Trinajstić information content (AvgIpc) is 3.09. The molecule has 12 nitrogen and oxygen atoms in total. The Morgan fingerprint density at radius 2 is 1.24 bits per heavy atom. The van der Waals surface area contributed by atoms with Gasteiger partial charge in [-0.3, -0.25) is 9.35 Å². The highest BCUT2D eigenvalue weighted by molar-refractivity contribution is 7.80. The van der Waals surface area contributed by atoms with Crippen LogP contribution in [0.5, 0.6) is 0 Å². The maximum Gasteiger partial charge on any atom is 0.397 e. The van der Waals surface area contributed by atoms with E-state index < -0.39 is 59.9 Å².